The van der Waals surface area contributed by atoms with Gasteiger partial charge in [-0.2, -0.15) is 0 Å². The van der Waals surface area contributed by atoms with Crippen LogP contribution in [0.25, 0.3) is 17.4 Å². The van der Waals surface area contributed by atoms with Crippen molar-refractivity contribution in [2.75, 3.05) is 4.90 Å². The zero-order chi connectivity index (χ0) is 22.3. The number of carboxylic acid groups (broad SMARTS) is 1. The number of amides is 1. The van der Waals surface area contributed by atoms with E-state index in [0.29, 0.717) is 20.7 Å². The fourth-order valence-corrected chi connectivity index (χ4v) is 4.77. The van der Waals surface area contributed by atoms with Crippen molar-refractivity contribution in [1.29, 1.82) is 0 Å². The summed E-state index contributed by atoms with van der Waals surface area (Å²) in [5, 5.41) is 9.13. The molecule has 1 amide bonds. The van der Waals surface area contributed by atoms with Crippen LogP contribution in [0.3, 0.4) is 0 Å². The number of benzene rings is 2. The molecule has 1 aromatic heterocycles. The molecule has 5 nitrogen and oxygen atoms in total. The molecule has 4 rings (SSSR count). The first kappa shape index (κ1) is 21.1. The third kappa shape index (κ3) is 4.06. The standard InChI is InChI=1S/C24H19NO4S2/c1-13-4-8-19(15(3)10-13)25-22(26)21(31-24(25)30)12-17-6-9-20(29-17)18-7-5-16(23(27)28)11-14(18)2/h4-12H,1-3H3,(H,27,28)/b21-12+. The minimum Gasteiger partial charge on any atom is -0.478 e. The first-order valence-electron chi connectivity index (χ1n) is 9.54. The van der Waals surface area contributed by atoms with Crippen LogP contribution < -0.4 is 4.90 Å². The number of carbonyl (C=O) groups excluding carboxylic acids is 1. The number of carboxylic acids is 1. The molecular weight excluding hydrogens is 430 g/mol. The summed E-state index contributed by atoms with van der Waals surface area (Å²) >= 11 is 6.71. The lowest BCUT2D eigenvalue weighted by Gasteiger charge is -2.17. The normalized spacial score (nSPS) is 15.2. The average Bonchev–Trinajstić information content (AvgIpc) is 3.27. The summed E-state index contributed by atoms with van der Waals surface area (Å²) in [5.74, 6) is -0.0223. The molecule has 0 aliphatic carbocycles. The minimum absolute atomic E-state index is 0.179. The highest BCUT2D eigenvalue weighted by Crippen LogP contribution is 2.38. The van der Waals surface area contributed by atoms with Crippen molar-refractivity contribution in [3.8, 4) is 11.3 Å². The Morgan fingerprint density at radius 3 is 2.52 bits per heavy atom. The summed E-state index contributed by atoms with van der Waals surface area (Å²) in [6.45, 7) is 5.80. The van der Waals surface area contributed by atoms with Crippen molar-refractivity contribution in [3.63, 3.8) is 0 Å². The third-order valence-corrected chi connectivity index (χ3v) is 6.33. The molecular formula is C24H19NO4S2. The predicted molar refractivity (Wildman–Crippen MR) is 127 cm³/mol. The number of aromatic carboxylic acids is 1. The fraction of sp³-hybridized carbons (Fsp3) is 0.125. The van der Waals surface area contributed by atoms with Crippen LogP contribution in [0.1, 0.15) is 32.8 Å². The number of carbonyl (C=O) groups is 2. The van der Waals surface area contributed by atoms with Crippen LogP contribution in [-0.4, -0.2) is 21.3 Å². The molecule has 0 atom stereocenters. The van der Waals surface area contributed by atoms with Crippen LogP contribution in [0.2, 0.25) is 0 Å². The Morgan fingerprint density at radius 2 is 1.84 bits per heavy atom. The number of thiocarbonyl (C=S) groups is 1. The molecule has 156 valence electrons. The van der Waals surface area contributed by atoms with Gasteiger partial charge in [0.1, 0.15) is 11.5 Å². The molecule has 0 spiro atoms. The maximum atomic E-state index is 13.0. The van der Waals surface area contributed by atoms with E-state index < -0.39 is 5.97 Å². The molecule has 0 bridgehead atoms. The van der Waals surface area contributed by atoms with Crippen molar-refractivity contribution in [1.82, 2.24) is 0 Å². The van der Waals surface area contributed by atoms with Crippen molar-refractivity contribution >= 4 is 51.9 Å². The number of nitrogens with zero attached hydrogens (tertiary/aromatic N) is 1. The largest absolute Gasteiger partial charge is 0.478 e. The number of furan rings is 1. The van der Waals surface area contributed by atoms with Gasteiger partial charge in [-0.1, -0.05) is 47.7 Å². The number of anilines is 1. The van der Waals surface area contributed by atoms with Crippen molar-refractivity contribution < 1.29 is 19.1 Å². The lowest BCUT2D eigenvalue weighted by atomic mass is 10.0. The molecule has 1 N–H and O–H groups in total. The first-order valence-corrected chi connectivity index (χ1v) is 10.8. The molecule has 2 aromatic carbocycles. The Kier molecular flexibility index (Phi) is 5.56. The minimum atomic E-state index is -0.972. The average molecular weight is 450 g/mol. The Balaban J connectivity index is 1.62. The van der Waals surface area contributed by atoms with Gasteiger partial charge in [-0.25, -0.2) is 4.79 Å². The van der Waals surface area contributed by atoms with Crippen LogP contribution >= 0.6 is 24.0 Å². The Morgan fingerprint density at radius 1 is 1.06 bits per heavy atom. The van der Waals surface area contributed by atoms with Gasteiger partial charge in [0.25, 0.3) is 5.91 Å². The molecule has 1 saturated heterocycles. The summed E-state index contributed by atoms with van der Waals surface area (Å²) in [5.41, 5.74) is 4.71. The zero-order valence-corrected chi connectivity index (χ0v) is 18.8. The van der Waals surface area contributed by atoms with E-state index in [4.69, 9.17) is 21.7 Å². The summed E-state index contributed by atoms with van der Waals surface area (Å²) in [6.07, 6.45) is 1.69. The van der Waals surface area contributed by atoms with Crippen LogP contribution in [0.4, 0.5) is 5.69 Å². The summed E-state index contributed by atoms with van der Waals surface area (Å²) in [7, 11) is 0. The Bertz CT molecular complexity index is 1270. The lowest BCUT2D eigenvalue weighted by molar-refractivity contribution is -0.113. The predicted octanol–water partition coefficient (Wildman–Crippen LogP) is 5.98. The molecule has 0 saturated carbocycles. The van der Waals surface area contributed by atoms with Crippen molar-refractivity contribution in [3.05, 3.63) is 81.5 Å². The van der Waals surface area contributed by atoms with E-state index in [1.54, 1.807) is 41.3 Å². The van der Waals surface area contributed by atoms with Gasteiger partial charge < -0.3 is 9.52 Å². The van der Waals surface area contributed by atoms with Crippen LogP contribution in [0.15, 0.2) is 57.9 Å². The molecule has 31 heavy (non-hydrogen) atoms. The Hall–Kier alpha value is -3.16. The topological polar surface area (TPSA) is 70.8 Å². The third-order valence-electron chi connectivity index (χ3n) is 5.03. The van der Waals surface area contributed by atoms with Gasteiger partial charge in [0.15, 0.2) is 4.32 Å². The molecule has 0 radical (unpaired) electrons. The van der Waals surface area contributed by atoms with Gasteiger partial charge in [-0.3, -0.25) is 9.69 Å². The zero-order valence-electron chi connectivity index (χ0n) is 17.1. The van der Waals surface area contributed by atoms with E-state index in [0.717, 1.165) is 27.9 Å². The number of thioether (sulfide) groups is 1. The van der Waals surface area contributed by atoms with E-state index in [9.17, 15) is 9.59 Å². The second-order valence-electron chi connectivity index (χ2n) is 7.34. The van der Waals surface area contributed by atoms with Gasteiger partial charge >= 0.3 is 5.97 Å². The second kappa shape index (κ2) is 8.17. The monoisotopic (exact) mass is 449 g/mol. The number of rotatable bonds is 4. The second-order valence-corrected chi connectivity index (χ2v) is 9.02. The van der Waals surface area contributed by atoms with E-state index in [-0.39, 0.29) is 11.5 Å². The number of hydrogen-bond donors (Lipinski definition) is 1. The van der Waals surface area contributed by atoms with Crippen LogP contribution in [-0.2, 0) is 4.79 Å². The smallest absolute Gasteiger partial charge is 0.335 e. The SMILES string of the molecule is Cc1ccc(N2C(=O)/C(=C\c3ccc(-c4ccc(C(=O)O)cc4C)o3)SC2=S)c(C)c1. The van der Waals surface area contributed by atoms with E-state index in [2.05, 4.69) is 0 Å². The summed E-state index contributed by atoms with van der Waals surface area (Å²) in [6, 6.07) is 14.4. The van der Waals surface area contributed by atoms with Gasteiger partial charge in [0.2, 0.25) is 0 Å². The van der Waals surface area contributed by atoms with E-state index in [1.165, 1.54) is 11.8 Å². The van der Waals surface area contributed by atoms with Gasteiger partial charge in [-0.05, 0) is 62.2 Å². The molecule has 2 heterocycles. The maximum Gasteiger partial charge on any atom is 0.335 e. The molecule has 3 aromatic rings. The van der Waals surface area contributed by atoms with Crippen molar-refractivity contribution in [2.45, 2.75) is 20.8 Å². The number of aryl methyl sites for hydroxylation is 3. The highest BCUT2D eigenvalue weighted by molar-refractivity contribution is 8.27. The van der Waals surface area contributed by atoms with Crippen LogP contribution in [0.5, 0.6) is 0 Å². The van der Waals surface area contributed by atoms with Crippen LogP contribution in [0, 0.1) is 20.8 Å². The molecule has 7 heteroatoms. The van der Waals surface area contributed by atoms with E-state index in [1.807, 2.05) is 39.0 Å². The van der Waals surface area contributed by atoms with E-state index >= 15 is 0 Å². The quantitative estimate of drug-likeness (QED) is 0.390. The molecule has 0 unspecified atom stereocenters. The summed E-state index contributed by atoms with van der Waals surface area (Å²) < 4.78 is 6.41. The highest BCUT2D eigenvalue weighted by Gasteiger charge is 2.34. The summed E-state index contributed by atoms with van der Waals surface area (Å²) in [4.78, 5) is 26.2. The van der Waals surface area contributed by atoms with Gasteiger partial charge in [-0.15, -0.1) is 0 Å². The fourth-order valence-electron chi connectivity index (χ4n) is 3.51. The molecule has 1 aliphatic rings. The van der Waals surface area contributed by atoms with Gasteiger partial charge in [0, 0.05) is 11.6 Å². The maximum absolute atomic E-state index is 13.0. The lowest BCUT2D eigenvalue weighted by Crippen LogP contribution is -2.28. The number of hydrogen-bond acceptors (Lipinski definition) is 5. The first-order chi connectivity index (χ1) is 14.7. The van der Waals surface area contributed by atoms with Gasteiger partial charge in [0.05, 0.1) is 16.2 Å². The highest BCUT2D eigenvalue weighted by atomic mass is 32.2. The van der Waals surface area contributed by atoms with Crippen molar-refractivity contribution in [2.24, 2.45) is 0 Å². The molecule has 1 aliphatic heterocycles. The molecule has 1 fully saturated rings. The Labute approximate surface area is 189 Å².